The number of nitrogens with zero attached hydrogens (tertiary/aromatic N) is 3. The van der Waals surface area contributed by atoms with Crippen LogP contribution in [0.15, 0.2) is 16.0 Å². The SMILES string of the molecule is C[C@@H](O)[C@H]1C(=O)N2C(C(=O)OCOC(=O)C(C)(C)C)=C(SC3CN(c4nc(C(N)=O)cs4)C3)[C@H](C)[C@H]12. The summed E-state index contributed by atoms with van der Waals surface area (Å²) >= 11 is 2.83. The van der Waals surface area contributed by atoms with Crippen LogP contribution in [0.1, 0.15) is 45.1 Å². The number of anilines is 1. The third kappa shape index (κ3) is 4.71. The molecule has 3 aliphatic heterocycles. The van der Waals surface area contributed by atoms with Crippen LogP contribution in [0, 0.1) is 17.3 Å². The second-order valence-electron chi connectivity index (χ2n) is 10.2. The number of β-lactam (4-membered cyclic amide) rings is 1. The molecule has 0 bridgehead atoms. The smallest absolute Gasteiger partial charge is 0.358 e. The molecule has 0 saturated carbocycles. The Hall–Kier alpha value is -2.64. The van der Waals surface area contributed by atoms with Crippen molar-refractivity contribution in [3.05, 3.63) is 21.7 Å². The first kappa shape index (κ1) is 26.4. The van der Waals surface area contributed by atoms with Crippen LogP contribution in [0.5, 0.6) is 0 Å². The van der Waals surface area contributed by atoms with E-state index < -0.39 is 42.1 Å². The molecule has 2 saturated heterocycles. The number of carbonyl (C=O) groups excluding carboxylic acids is 4. The van der Waals surface area contributed by atoms with Crippen LogP contribution in [-0.2, 0) is 23.9 Å². The van der Waals surface area contributed by atoms with Gasteiger partial charge in [-0.3, -0.25) is 14.4 Å². The lowest BCUT2D eigenvalue weighted by atomic mass is 9.79. The van der Waals surface area contributed by atoms with Crippen LogP contribution in [0.4, 0.5) is 5.13 Å². The van der Waals surface area contributed by atoms with E-state index >= 15 is 0 Å². The lowest BCUT2D eigenvalue weighted by molar-refractivity contribution is -0.175. The maximum absolute atomic E-state index is 13.1. The molecular weight excluding hydrogens is 508 g/mol. The van der Waals surface area contributed by atoms with Crippen molar-refractivity contribution < 1.29 is 33.8 Å². The van der Waals surface area contributed by atoms with E-state index in [2.05, 4.69) is 4.98 Å². The van der Waals surface area contributed by atoms with Crippen molar-refractivity contribution >= 4 is 52.0 Å². The molecule has 3 aliphatic rings. The van der Waals surface area contributed by atoms with E-state index in [1.807, 2.05) is 11.8 Å². The summed E-state index contributed by atoms with van der Waals surface area (Å²) in [5.41, 5.74) is 4.91. The first-order chi connectivity index (χ1) is 16.8. The van der Waals surface area contributed by atoms with Crippen molar-refractivity contribution in [2.45, 2.75) is 52.0 Å². The predicted molar refractivity (Wildman–Crippen MR) is 133 cm³/mol. The lowest BCUT2D eigenvalue weighted by Gasteiger charge is -2.46. The lowest BCUT2D eigenvalue weighted by Crippen LogP contribution is -2.63. The Balaban J connectivity index is 1.47. The van der Waals surface area contributed by atoms with Gasteiger partial charge in [0, 0.05) is 34.5 Å². The number of rotatable bonds is 8. The van der Waals surface area contributed by atoms with Crippen LogP contribution < -0.4 is 10.6 Å². The Bertz CT molecular complexity index is 1120. The normalized spacial score (nSPS) is 24.7. The molecule has 1 aromatic rings. The highest BCUT2D eigenvalue weighted by atomic mass is 32.2. The molecule has 0 unspecified atom stereocenters. The number of amides is 2. The number of hydrogen-bond donors (Lipinski definition) is 2. The van der Waals surface area contributed by atoms with Gasteiger partial charge in [0.05, 0.1) is 23.5 Å². The van der Waals surface area contributed by atoms with Crippen molar-refractivity contribution in [1.29, 1.82) is 0 Å². The van der Waals surface area contributed by atoms with Crippen molar-refractivity contribution in [3.63, 3.8) is 0 Å². The van der Waals surface area contributed by atoms with Crippen LogP contribution in [0.3, 0.4) is 0 Å². The number of carbonyl (C=O) groups is 4. The van der Waals surface area contributed by atoms with Gasteiger partial charge in [0.2, 0.25) is 12.7 Å². The molecule has 3 N–H and O–H groups in total. The minimum absolute atomic E-state index is 0.115. The molecule has 0 aliphatic carbocycles. The zero-order chi connectivity index (χ0) is 26.5. The van der Waals surface area contributed by atoms with E-state index in [4.69, 9.17) is 15.2 Å². The molecule has 1 aromatic heterocycles. The number of primary amides is 1. The molecule has 2 fully saturated rings. The summed E-state index contributed by atoms with van der Waals surface area (Å²) in [6.07, 6.45) is -0.848. The van der Waals surface area contributed by atoms with Gasteiger partial charge in [0.15, 0.2) is 5.13 Å². The number of ether oxygens (including phenoxy) is 2. The van der Waals surface area contributed by atoms with Gasteiger partial charge in [-0.15, -0.1) is 23.1 Å². The molecule has 0 aromatic carbocycles. The van der Waals surface area contributed by atoms with Crippen molar-refractivity contribution in [2.75, 3.05) is 24.8 Å². The maximum Gasteiger partial charge on any atom is 0.358 e. The van der Waals surface area contributed by atoms with E-state index in [1.165, 1.54) is 28.0 Å². The summed E-state index contributed by atoms with van der Waals surface area (Å²) < 4.78 is 10.3. The standard InChI is InChI=1S/C23H30N4O7S2/c1-10-15-14(11(2)28)19(30)27(15)16(20(31)33-9-34-21(32)23(3,4)5)17(10)36-12-6-26(7-12)22-25-13(8-35-22)18(24)29/h8,10-12,14-15,28H,6-7,9H2,1-5H3,(H2,24,29)/t10-,11-,14-,15-/m1/s1. The fourth-order valence-corrected chi connectivity index (χ4v) is 6.81. The Morgan fingerprint density at radius 1 is 1.31 bits per heavy atom. The summed E-state index contributed by atoms with van der Waals surface area (Å²) in [4.78, 5) is 57.6. The number of nitrogens with two attached hydrogens (primary N) is 1. The van der Waals surface area contributed by atoms with Gasteiger partial charge in [-0.2, -0.15) is 0 Å². The molecule has 4 atom stereocenters. The average molecular weight is 539 g/mol. The van der Waals surface area contributed by atoms with Gasteiger partial charge in [0.25, 0.3) is 5.91 Å². The Labute approximate surface area is 217 Å². The van der Waals surface area contributed by atoms with Gasteiger partial charge < -0.3 is 30.1 Å². The fraction of sp³-hybridized carbons (Fsp3) is 0.609. The van der Waals surface area contributed by atoms with Crippen molar-refractivity contribution in [3.8, 4) is 0 Å². The highest BCUT2D eigenvalue weighted by molar-refractivity contribution is 8.03. The topological polar surface area (TPSA) is 152 Å². The van der Waals surface area contributed by atoms with E-state index in [0.29, 0.717) is 23.1 Å². The second kappa shape index (κ2) is 9.67. The minimum atomic E-state index is -0.848. The summed E-state index contributed by atoms with van der Waals surface area (Å²) in [6, 6.07) is -0.340. The van der Waals surface area contributed by atoms with Crippen molar-refractivity contribution in [1.82, 2.24) is 9.88 Å². The van der Waals surface area contributed by atoms with Crippen LogP contribution >= 0.6 is 23.1 Å². The number of aliphatic hydroxyl groups excluding tert-OH is 1. The number of thiazole rings is 1. The fourth-order valence-electron chi connectivity index (χ4n) is 4.46. The number of aromatic nitrogens is 1. The Morgan fingerprint density at radius 2 is 1.97 bits per heavy atom. The second-order valence-corrected chi connectivity index (χ2v) is 12.4. The van der Waals surface area contributed by atoms with Gasteiger partial charge in [-0.1, -0.05) is 6.92 Å². The predicted octanol–water partition coefficient (Wildman–Crippen LogP) is 1.32. The average Bonchev–Trinajstić information content (AvgIpc) is 3.31. The number of esters is 2. The quantitative estimate of drug-likeness (QED) is 0.282. The van der Waals surface area contributed by atoms with E-state index in [1.54, 1.807) is 33.1 Å². The van der Waals surface area contributed by atoms with E-state index in [-0.39, 0.29) is 34.5 Å². The van der Waals surface area contributed by atoms with Gasteiger partial charge in [-0.05, 0) is 27.7 Å². The molecule has 13 heteroatoms. The molecule has 36 heavy (non-hydrogen) atoms. The summed E-state index contributed by atoms with van der Waals surface area (Å²) in [5.74, 6) is -2.93. The maximum atomic E-state index is 13.1. The molecule has 196 valence electrons. The van der Waals surface area contributed by atoms with Crippen LogP contribution in [-0.4, -0.2) is 76.0 Å². The number of hydrogen-bond acceptors (Lipinski definition) is 11. The van der Waals surface area contributed by atoms with Gasteiger partial charge >= 0.3 is 11.9 Å². The van der Waals surface area contributed by atoms with Crippen LogP contribution in [0.2, 0.25) is 0 Å². The van der Waals surface area contributed by atoms with E-state index in [0.717, 1.165) is 0 Å². The van der Waals surface area contributed by atoms with Gasteiger partial charge in [0.1, 0.15) is 11.4 Å². The molecule has 4 rings (SSSR count). The molecule has 4 heterocycles. The number of thioether (sulfide) groups is 1. The molecule has 11 nitrogen and oxygen atoms in total. The zero-order valence-corrected chi connectivity index (χ0v) is 22.4. The number of aliphatic hydroxyl groups is 1. The third-order valence-electron chi connectivity index (χ3n) is 6.45. The summed E-state index contributed by atoms with van der Waals surface area (Å²) in [7, 11) is 0. The highest BCUT2D eigenvalue weighted by Crippen LogP contribution is 2.52. The van der Waals surface area contributed by atoms with E-state index in [9.17, 15) is 24.3 Å². The largest absolute Gasteiger partial charge is 0.427 e. The number of fused-ring (bicyclic) bond motifs is 1. The molecule has 0 radical (unpaired) electrons. The minimum Gasteiger partial charge on any atom is -0.427 e. The van der Waals surface area contributed by atoms with Crippen LogP contribution in [0.25, 0.3) is 0 Å². The van der Waals surface area contributed by atoms with Gasteiger partial charge in [-0.25, -0.2) is 9.78 Å². The van der Waals surface area contributed by atoms with Crippen molar-refractivity contribution in [2.24, 2.45) is 23.0 Å². The highest BCUT2D eigenvalue weighted by Gasteiger charge is 2.60. The Morgan fingerprint density at radius 3 is 2.53 bits per heavy atom. The monoisotopic (exact) mass is 538 g/mol. The first-order valence-electron chi connectivity index (χ1n) is 11.6. The summed E-state index contributed by atoms with van der Waals surface area (Å²) in [5, 5.41) is 12.6. The molecule has 0 spiro atoms. The third-order valence-corrected chi connectivity index (χ3v) is 8.80. The molecule has 2 amide bonds. The first-order valence-corrected chi connectivity index (χ1v) is 13.3. The zero-order valence-electron chi connectivity index (χ0n) is 20.7. The Kier molecular flexibility index (Phi) is 7.10. The molecular formula is C23H30N4O7S2. The summed E-state index contributed by atoms with van der Waals surface area (Å²) in [6.45, 7) is 9.28.